The normalized spacial score (nSPS) is 16.9. The van der Waals surface area contributed by atoms with Gasteiger partial charge in [-0.3, -0.25) is 4.79 Å². The van der Waals surface area contributed by atoms with Crippen molar-refractivity contribution in [1.82, 2.24) is 10.6 Å². The van der Waals surface area contributed by atoms with Gasteiger partial charge >= 0.3 is 0 Å². The van der Waals surface area contributed by atoms with Crippen LogP contribution < -0.4 is 15.4 Å². The molecule has 1 aliphatic rings. The summed E-state index contributed by atoms with van der Waals surface area (Å²) in [4.78, 5) is 12.1. The van der Waals surface area contributed by atoms with E-state index in [1.165, 1.54) is 0 Å². The first-order valence-electron chi connectivity index (χ1n) is 6.76. The molecule has 0 spiro atoms. The molecule has 1 aromatic rings. The summed E-state index contributed by atoms with van der Waals surface area (Å²) in [5.41, 5.74) is 0.949. The zero-order chi connectivity index (χ0) is 13.7. The fourth-order valence-electron chi connectivity index (χ4n) is 2.41. The number of halogens is 1. The molecule has 1 aromatic carbocycles. The van der Waals surface area contributed by atoms with Crippen LogP contribution in [-0.4, -0.2) is 31.6 Å². The van der Waals surface area contributed by atoms with Gasteiger partial charge in [-0.25, -0.2) is 0 Å². The number of hydrogen-bond donors (Lipinski definition) is 2. The van der Waals surface area contributed by atoms with Gasteiger partial charge in [0.25, 0.3) is 0 Å². The maximum Gasteiger partial charge on any atom is 0.224 e. The van der Waals surface area contributed by atoms with Gasteiger partial charge in [-0.2, -0.15) is 0 Å². The van der Waals surface area contributed by atoms with Crippen LogP contribution in [-0.2, 0) is 11.2 Å². The van der Waals surface area contributed by atoms with Crippen molar-refractivity contribution in [3.05, 3.63) is 29.8 Å². The maximum atomic E-state index is 12.1. The van der Waals surface area contributed by atoms with Crippen LogP contribution in [0.2, 0.25) is 0 Å². The molecule has 20 heavy (non-hydrogen) atoms. The lowest BCUT2D eigenvalue weighted by Gasteiger charge is -2.35. The third-order valence-electron chi connectivity index (χ3n) is 3.67. The average molecular weight is 299 g/mol. The predicted octanol–water partition coefficient (Wildman–Crippen LogP) is 1.92. The molecule has 5 heteroatoms. The molecule has 0 aromatic heterocycles. The van der Waals surface area contributed by atoms with E-state index in [0.717, 1.165) is 37.2 Å². The van der Waals surface area contributed by atoms with Crippen molar-refractivity contribution in [3.63, 3.8) is 0 Å². The first-order chi connectivity index (χ1) is 9.11. The molecule has 4 nitrogen and oxygen atoms in total. The van der Waals surface area contributed by atoms with E-state index in [2.05, 4.69) is 17.6 Å². The summed E-state index contributed by atoms with van der Waals surface area (Å²) in [5, 5.41) is 6.47. The zero-order valence-corrected chi connectivity index (χ0v) is 12.9. The number of amides is 1. The Morgan fingerprint density at radius 1 is 1.30 bits per heavy atom. The van der Waals surface area contributed by atoms with Crippen LogP contribution in [0.4, 0.5) is 0 Å². The second-order valence-electron chi connectivity index (χ2n) is 5.38. The summed E-state index contributed by atoms with van der Waals surface area (Å²) in [6, 6.07) is 7.63. The van der Waals surface area contributed by atoms with E-state index in [1.54, 1.807) is 7.11 Å². The number of carbonyl (C=O) groups is 1. The molecule has 1 saturated heterocycles. The Bertz CT molecular complexity index is 428. The first kappa shape index (κ1) is 16.8. The van der Waals surface area contributed by atoms with Gasteiger partial charge in [0, 0.05) is 5.54 Å². The second-order valence-corrected chi connectivity index (χ2v) is 5.38. The fourth-order valence-corrected chi connectivity index (χ4v) is 2.41. The van der Waals surface area contributed by atoms with Crippen LogP contribution in [0.25, 0.3) is 0 Å². The number of piperidine rings is 1. The lowest BCUT2D eigenvalue weighted by Crippen LogP contribution is -2.52. The molecule has 1 aliphatic heterocycles. The summed E-state index contributed by atoms with van der Waals surface area (Å²) in [6.45, 7) is 4.07. The monoisotopic (exact) mass is 298 g/mol. The van der Waals surface area contributed by atoms with Gasteiger partial charge in [0.15, 0.2) is 0 Å². The highest BCUT2D eigenvalue weighted by molar-refractivity contribution is 5.85. The summed E-state index contributed by atoms with van der Waals surface area (Å²) in [6.07, 6.45) is 2.40. The summed E-state index contributed by atoms with van der Waals surface area (Å²) in [7, 11) is 1.64. The molecular formula is C15H23ClN2O2. The Balaban J connectivity index is 0.00000200. The molecule has 112 valence electrons. The molecule has 0 aliphatic carbocycles. The van der Waals surface area contributed by atoms with Crippen molar-refractivity contribution in [2.45, 2.75) is 31.7 Å². The van der Waals surface area contributed by atoms with Crippen LogP contribution in [0.5, 0.6) is 5.75 Å². The predicted molar refractivity (Wildman–Crippen MR) is 82.6 cm³/mol. The molecule has 0 bridgehead atoms. The van der Waals surface area contributed by atoms with Crippen molar-refractivity contribution >= 4 is 18.3 Å². The molecule has 0 unspecified atom stereocenters. The Labute approximate surface area is 126 Å². The van der Waals surface area contributed by atoms with Crippen LogP contribution in [0.1, 0.15) is 25.3 Å². The van der Waals surface area contributed by atoms with E-state index in [1.807, 2.05) is 24.3 Å². The Morgan fingerprint density at radius 2 is 1.90 bits per heavy atom. The third-order valence-corrected chi connectivity index (χ3v) is 3.67. The minimum atomic E-state index is -0.0607. The van der Waals surface area contributed by atoms with Crippen molar-refractivity contribution in [3.8, 4) is 5.75 Å². The largest absolute Gasteiger partial charge is 0.497 e. The molecule has 0 atom stereocenters. The molecule has 1 fully saturated rings. The standard InChI is InChI=1S/C15H22N2O2.ClH/c1-15(7-9-16-10-8-15)17-14(18)11-12-3-5-13(19-2)6-4-12;/h3-6,16H,7-11H2,1-2H3,(H,17,18);1H. The fraction of sp³-hybridized carbons (Fsp3) is 0.533. The molecule has 1 heterocycles. The third kappa shape index (κ3) is 4.69. The number of methoxy groups -OCH3 is 1. The van der Waals surface area contributed by atoms with E-state index in [9.17, 15) is 4.79 Å². The van der Waals surface area contributed by atoms with Gasteiger partial charge < -0.3 is 15.4 Å². The smallest absolute Gasteiger partial charge is 0.224 e. The van der Waals surface area contributed by atoms with Crippen LogP contribution >= 0.6 is 12.4 Å². The Kier molecular flexibility index (Phi) is 6.30. The van der Waals surface area contributed by atoms with Crippen LogP contribution in [0.3, 0.4) is 0 Å². The van der Waals surface area contributed by atoms with Gasteiger partial charge in [0.2, 0.25) is 5.91 Å². The topological polar surface area (TPSA) is 50.4 Å². The minimum absolute atomic E-state index is 0. The van der Waals surface area contributed by atoms with E-state index < -0.39 is 0 Å². The Morgan fingerprint density at radius 3 is 2.45 bits per heavy atom. The summed E-state index contributed by atoms with van der Waals surface area (Å²) < 4.78 is 5.10. The van der Waals surface area contributed by atoms with Gasteiger partial charge in [-0.1, -0.05) is 12.1 Å². The highest BCUT2D eigenvalue weighted by atomic mass is 35.5. The molecule has 2 rings (SSSR count). The lowest BCUT2D eigenvalue weighted by molar-refractivity contribution is -0.122. The first-order valence-corrected chi connectivity index (χ1v) is 6.76. The molecule has 0 radical (unpaired) electrons. The van der Waals surface area contributed by atoms with Gasteiger partial charge in [-0.05, 0) is 50.6 Å². The van der Waals surface area contributed by atoms with Gasteiger partial charge in [0.05, 0.1) is 13.5 Å². The number of hydrogen-bond acceptors (Lipinski definition) is 3. The van der Waals surface area contributed by atoms with E-state index in [0.29, 0.717) is 6.42 Å². The highest BCUT2D eigenvalue weighted by Crippen LogP contribution is 2.17. The van der Waals surface area contributed by atoms with Crippen LogP contribution in [0.15, 0.2) is 24.3 Å². The number of nitrogens with one attached hydrogen (secondary N) is 2. The van der Waals surface area contributed by atoms with E-state index in [4.69, 9.17) is 4.74 Å². The van der Waals surface area contributed by atoms with Crippen molar-refractivity contribution < 1.29 is 9.53 Å². The van der Waals surface area contributed by atoms with Gasteiger partial charge in [0.1, 0.15) is 5.75 Å². The molecule has 0 saturated carbocycles. The van der Waals surface area contributed by atoms with Crippen molar-refractivity contribution in [1.29, 1.82) is 0 Å². The van der Waals surface area contributed by atoms with E-state index in [-0.39, 0.29) is 23.9 Å². The number of ether oxygens (including phenoxy) is 1. The lowest BCUT2D eigenvalue weighted by atomic mass is 9.90. The van der Waals surface area contributed by atoms with Crippen molar-refractivity contribution in [2.24, 2.45) is 0 Å². The number of carbonyl (C=O) groups excluding carboxylic acids is 1. The SMILES string of the molecule is COc1ccc(CC(=O)NC2(C)CCNCC2)cc1.Cl. The number of benzene rings is 1. The zero-order valence-electron chi connectivity index (χ0n) is 12.1. The summed E-state index contributed by atoms with van der Waals surface area (Å²) >= 11 is 0. The summed E-state index contributed by atoms with van der Waals surface area (Å²) in [5.74, 6) is 0.907. The second kappa shape index (κ2) is 7.50. The Hall–Kier alpha value is -1.26. The molecular weight excluding hydrogens is 276 g/mol. The average Bonchev–Trinajstić information content (AvgIpc) is 2.39. The van der Waals surface area contributed by atoms with Crippen molar-refractivity contribution in [2.75, 3.05) is 20.2 Å². The minimum Gasteiger partial charge on any atom is -0.497 e. The van der Waals surface area contributed by atoms with Gasteiger partial charge in [-0.15, -0.1) is 12.4 Å². The van der Waals surface area contributed by atoms with E-state index >= 15 is 0 Å². The highest BCUT2D eigenvalue weighted by Gasteiger charge is 2.27. The van der Waals surface area contributed by atoms with Crippen LogP contribution in [0, 0.1) is 0 Å². The quantitative estimate of drug-likeness (QED) is 0.893. The molecule has 1 amide bonds. The number of rotatable bonds is 4. The molecule has 2 N–H and O–H groups in total. The maximum absolute atomic E-state index is 12.1.